The average Bonchev–Trinajstić information content (AvgIpc) is 2.19. The van der Waals surface area contributed by atoms with Gasteiger partial charge in [0.05, 0.1) is 11.4 Å². The zero-order valence-electron chi connectivity index (χ0n) is 9.55. The summed E-state index contributed by atoms with van der Waals surface area (Å²) in [7, 11) is -3.82. The summed E-state index contributed by atoms with van der Waals surface area (Å²) in [6, 6.07) is 4.56. The quantitative estimate of drug-likeness (QED) is 0.559. The van der Waals surface area contributed by atoms with E-state index in [2.05, 4.69) is 5.32 Å². The van der Waals surface area contributed by atoms with Crippen molar-refractivity contribution < 1.29 is 13.5 Å². The Bertz CT molecular complexity index is 488. The van der Waals surface area contributed by atoms with E-state index in [0.717, 1.165) is 0 Å². The van der Waals surface area contributed by atoms with Crippen LogP contribution in [0.1, 0.15) is 13.3 Å². The summed E-state index contributed by atoms with van der Waals surface area (Å²) in [6.45, 7) is 1.90. The standard InChI is InChI=1S/C10H17N3O3S/c1-7(5-6-14)13-8-3-2-4-9(10(8)11)17(12,15)16/h2-4,7,13-14H,5-6,11H2,1H3,(H2,12,15,16). The lowest BCUT2D eigenvalue weighted by molar-refractivity contribution is 0.282. The molecule has 0 aliphatic heterocycles. The van der Waals surface area contributed by atoms with Crippen LogP contribution in [0.15, 0.2) is 23.1 Å². The van der Waals surface area contributed by atoms with Crippen LogP contribution in [0.4, 0.5) is 11.4 Å². The average molecular weight is 259 g/mol. The Kier molecular flexibility index (Phi) is 4.33. The summed E-state index contributed by atoms with van der Waals surface area (Å²) in [5.74, 6) is 0. The van der Waals surface area contributed by atoms with Gasteiger partial charge in [-0.3, -0.25) is 0 Å². The molecule has 0 aliphatic carbocycles. The molecule has 0 spiro atoms. The molecule has 7 heteroatoms. The fraction of sp³-hybridized carbons (Fsp3) is 0.400. The Balaban J connectivity index is 3.03. The van der Waals surface area contributed by atoms with Gasteiger partial charge >= 0.3 is 0 Å². The number of sulfonamides is 1. The van der Waals surface area contributed by atoms with Gasteiger partial charge in [-0.05, 0) is 25.5 Å². The van der Waals surface area contributed by atoms with Crippen molar-refractivity contribution in [1.82, 2.24) is 0 Å². The Morgan fingerprint density at radius 1 is 1.47 bits per heavy atom. The number of nitrogen functional groups attached to an aromatic ring is 1. The largest absolute Gasteiger partial charge is 0.396 e. The van der Waals surface area contributed by atoms with E-state index in [-0.39, 0.29) is 23.2 Å². The predicted molar refractivity (Wildman–Crippen MR) is 67.0 cm³/mol. The lowest BCUT2D eigenvalue weighted by Gasteiger charge is -2.17. The molecule has 6 nitrogen and oxygen atoms in total. The molecule has 1 atom stereocenters. The van der Waals surface area contributed by atoms with E-state index in [1.807, 2.05) is 6.92 Å². The molecule has 0 amide bonds. The second-order valence-electron chi connectivity index (χ2n) is 3.82. The highest BCUT2D eigenvalue weighted by Crippen LogP contribution is 2.26. The number of nitrogens with one attached hydrogen (secondary N) is 1. The second-order valence-corrected chi connectivity index (χ2v) is 5.35. The highest BCUT2D eigenvalue weighted by Gasteiger charge is 2.15. The number of benzene rings is 1. The van der Waals surface area contributed by atoms with Gasteiger partial charge in [0.2, 0.25) is 10.0 Å². The SMILES string of the molecule is CC(CCO)Nc1cccc(S(N)(=O)=O)c1N. The Morgan fingerprint density at radius 2 is 2.12 bits per heavy atom. The minimum absolute atomic E-state index is 0.0157. The summed E-state index contributed by atoms with van der Waals surface area (Å²) in [5, 5.41) is 16.8. The first kappa shape index (κ1) is 13.8. The second kappa shape index (κ2) is 5.35. The highest BCUT2D eigenvalue weighted by atomic mass is 32.2. The Morgan fingerprint density at radius 3 is 2.65 bits per heavy atom. The van der Waals surface area contributed by atoms with E-state index in [4.69, 9.17) is 16.0 Å². The zero-order chi connectivity index (χ0) is 13.1. The summed E-state index contributed by atoms with van der Waals surface area (Å²) in [5.41, 5.74) is 6.32. The summed E-state index contributed by atoms with van der Waals surface area (Å²) < 4.78 is 22.5. The maximum Gasteiger partial charge on any atom is 0.240 e. The van der Waals surface area contributed by atoms with Crippen molar-refractivity contribution in [1.29, 1.82) is 0 Å². The van der Waals surface area contributed by atoms with E-state index in [0.29, 0.717) is 12.1 Å². The summed E-state index contributed by atoms with van der Waals surface area (Å²) in [6.07, 6.45) is 0.541. The number of nitrogens with two attached hydrogens (primary N) is 2. The summed E-state index contributed by atoms with van der Waals surface area (Å²) >= 11 is 0. The fourth-order valence-corrected chi connectivity index (χ4v) is 2.13. The molecule has 96 valence electrons. The number of hydrogen-bond donors (Lipinski definition) is 4. The first-order valence-electron chi connectivity index (χ1n) is 5.15. The van der Waals surface area contributed by atoms with Crippen LogP contribution in [0.5, 0.6) is 0 Å². The number of anilines is 2. The molecular weight excluding hydrogens is 242 g/mol. The van der Waals surface area contributed by atoms with E-state index in [1.54, 1.807) is 12.1 Å². The molecule has 0 saturated heterocycles. The smallest absolute Gasteiger partial charge is 0.240 e. The van der Waals surface area contributed by atoms with Crippen molar-refractivity contribution in [3.8, 4) is 0 Å². The zero-order valence-corrected chi connectivity index (χ0v) is 10.4. The van der Waals surface area contributed by atoms with Gasteiger partial charge in [0.15, 0.2) is 0 Å². The van der Waals surface area contributed by atoms with Crippen molar-refractivity contribution in [3.63, 3.8) is 0 Å². The van der Waals surface area contributed by atoms with E-state index in [9.17, 15) is 8.42 Å². The number of primary sulfonamides is 1. The van der Waals surface area contributed by atoms with Crippen molar-refractivity contribution >= 4 is 21.4 Å². The minimum atomic E-state index is -3.82. The molecule has 1 aromatic rings. The highest BCUT2D eigenvalue weighted by molar-refractivity contribution is 7.89. The van der Waals surface area contributed by atoms with Gasteiger partial charge in [0, 0.05) is 12.6 Å². The summed E-state index contributed by atoms with van der Waals surface area (Å²) in [4.78, 5) is -0.0984. The van der Waals surface area contributed by atoms with Gasteiger partial charge in [0.25, 0.3) is 0 Å². The number of rotatable bonds is 5. The van der Waals surface area contributed by atoms with Gasteiger partial charge in [-0.25, -0.2) is 13.6 Å². The Labute approximate surface area is 101 Å². The lowest BCUT2D eigenvalue weighted by Crippen LogP contribution is -2.19. The van der Waals surface area contributed by atoms with Crippen LogP contribution in [0.2, 0.25) is 0 Å². The van der Waals surface area contributed by atoms with Crippen molar-refractivity contribution in [2.45, 2.75) is 24.3 Å². The van der Waals surface area contributed by atoms with Crippen LogP contribution in [0, 0.1) is 0 Å². The molecule has 1 rings (SSSR count). The molecule has 1 aromatic carbocycles. The third-order valence-corrected chi connectivity index (χ3v) is 3.31. The van der Waals surface area contributed by atoms with Crippen molar-refractivity contribution in [3.05, 3.63) is 18.2 Å². The fourth-order valence-electron chi connectivity index (χ4n) is 1.45. The topological polar surface area (TPSA) is 118 Å². The van der Waals surface area contributed by atoms with Gasteiger partial charge in [0.1, 0.15) is 4.90 Å². The third kappa shape index (κ3) is 3.58. The number of para-hydroxylation sites is 1. The molecular formula is C10H17N3O3S. The number of aliphatic hydroxyl groups is 1. The van der Waals surface area contributed by atoms with Gasteiger partial charge < -0.3 is 16.2 Å². The minimum Gasteiger partial charge on any atom is -0.396 e. The maximum absolute atomic E-state index is 11.2. The maximum atomic E-state index is 11.2. The lowest BCUT2D eigenvalue weighted by atomic mass is 10.2. The van der Waals surface area contributed by atoms with Crippen molar-refractivity contribution in [2.24, 2.45) is 5.14 Å². The molecule has 0 bridgehead atoms. The molecule has 6 N–H and O–H groups in total. The first-order chi connectivity index (χ1) is 7.86. The Hall–Kier alpha value is -1.31. The van der Waals surface area contributed by atoms with Gasteiger partial charge in [-0.2, -0.15) is 0 Å². The molecule has 0 fully saturated rings. The van der Waals surface area contributed by atoms with Crippen LogP contribution in [0.3, 0.4) is 0 Å². The van der Waals surface area contributed by atoms with Gasteiger partial charge in [-0.15, -0.1) is 0 Å². The van der Waals surface area contributed by atoms with Crippen LogP contribution >= 0.6 is 0 Å². The van der Waals surface area contributed by atoms with Crippen LogP contribution in [0.25, 0.3) is 0 Å². The third-order valence-electron chi connectivity index (χ3n) is 2.34. The molecule has 0 aliphatic rings. The number of hydrogen-bond acceptors (Lipinski definition) is 5. The van der Waals surface area contributed by atoms with Crippen LogP contribution < -0.4 is 16.2 Å². The molecule has 1 unspecified atom stereocenters. The molecule has 0 radical (unpaired) electrons. The van der Waals surface area contributed by atoms with Crippen LogP contribution in [-0.4, -0.2) is 26.2 Å². The normalized spacial score (nSPS) is 13.4. The molecule has 0 saturated carbocycles. The molecule has 0 aromatic heterocycles. The predicted octanol–water partition coefficient (Wildman–Crippen LogP) is 0.0990. The first-order valence-corrected chi connectivity index (χ1v) is 6.69. The monoisotopic (exact) mass is 259 g/mol. The number of aliphatic hydroxyl groups excluding tert-OH is 1. The van der Waals surface area contributed by atoms with E-state index >= 15 is 0 Å². The molecule has 0 heterocycles. The molecule has 17 heavy (non-hydrogen) atoms. The van der Waals surface area contributed by atoms with E-state index < -0.39 is 10.0 Å². The van der Waals surface area contributed by atoms with E-state index in [1.165, 1.54) is 6.07 Å². The van der Waals surface area contributed by atoms with Crippen molar-refractivity contribution in [2.75, 3.05) is 17.7 Å². The van der Waals surface area contributed by atoms with Crippen LogP contribution in [-0.2, 0) is 10.0 Å². The van der Waals surface area contributed by atoms with Gasteiger partial charge in [-0.1, -0.05) is 6.07 Å².